The van der Waals surface area contributed by atoms with E-state index in [4.69, 9.17) is 19.9 Å². The molecule has 0 saturated heterocycles. The maximum absolute atomic E-state index is 6.07. The van der Waals surface area contributed by atoms with Crippen LogP contribution in [-0.4, -0.2) is 13.2 Å². The second-order valence-electron chi connectivity index (χ2n) is 4.52. The molecule has 2 aromatic carbocycles. The van der Waals surface area contributed by atoms with Gasteiger partial charge in [-0.15, -0.1) is 0 Å². The summed E-state index contributed by atoms with van der Waals surface area (Å²) in [6.45, 7) is 5.28. The molecule has 0 aromatic heterocycles. The highest BCUT2D eigenvalue weighted by atomic mass is 16.5. The predicted molar refractivity (Wildman–Crippen MR) is 84.3 cm³/mol. The Morgan fingerprint density at radius 2 is 1.52 bits per heavy atom. The fourth-order valence-corrected chi connectivity index (χ4v) is 1.85. The van der Waals surface area contributed by atoms with E-state index < -0.39 is 0 Å². The summed E-state index contributed by atoms with van der Waals surface area (Å²) in [7, 11) is 0. The van der Waals surface area contributed by atoms with Crippen molar-refractivity contribution >= 4 is 5.69 Å². The first-order valence-corrected chi connectivity index (χ1v) is 7.16. The average Bonchev–Trinajstić information content (AvgIpc) is 2.50. The summed E-state index contributed by atoms with van der Waals surface area (Å²) in [4.78, 5) is 0. The number of ether oxygens (including phenoxy) is 3. The molecule has 0 unspecified atom stereocenters. The van der Waals surface area contributed by atoms with Gasteiger partial charge in [-0.3, -0.25) is 0 Å². The van der Waals surface area contributed by atoms with E-state index in [1.165, 1.54) is 0 Å². The molecule has 2 aromatic rings. The lowest BCUT2D eigenvalue weighted by Crippen LogP contribution is -2.00. The van der Waals surface area contributed by atoms with Crippen molar-refractivity contribution in [1.82, 2.24) is 0 Å². The van der Waals surface area contributed by atoms with Gasteiger partial charge in [0.05, 0.1) is 13.2 Å². The summed E-state index contributed by atoms with van der Waals surface area (Å²) in [5, 5.41) is 0. The van der Waals surface area contributed by atoms with E-state index in [1.54, 1.807) is 0 Å². The molecule has 0 saturated carbocycles. The van der Waals surface area contributed by atoms with E-state index in [0.29, 0.717) is 36.1 Å². The van der Waals surface area contributed by atoms with Crippen molar-refractivity contribution in [3.8, 4) is 23.0 Å². The van der Waals surface area contributed by atoms with Crippen LogP contribution < -0.4 is 19.9 Å². The van der Waals surface area contributed by atoms with Crippen LogP contribution in [0.3, 0.4) is 0 Å². The summed E-state index contributed by atoms with van der Waals surface area (Å²) >= 11 is 0. The lowest BCUT2D eigenvalue weighted by atomic mass is 10.2. The number of nitrogens with two attached hydrogens (primary N) is 1. The SMILES string of the molecule is CCCOc1cccc(Oc2ccc(OCC)cc2)c1N. The van der Waals surface area contributed by atoms with Crippen molar-refractivity contribution < 1.29 is 14.2 Å². The first-order valence-electron chi connectivity index (χ1n) is 7.16. The van der Waals surface area contributed by atoms with Crippen LogP contribution in [0, 0.1) is 0 Å². The third-order valence-corrected chi connectivity index (χ3v) is 2.85. The van der Waals surface area contributed by atoms with Crippen molar-refractivity contribution in [3.63, 3.8) is 0 Å². The van der Waals surface area contributed by atoms with Gasteiger partial charge in [-0.2, -0.15) is 0 Å². The lowest BCUT2D eigenvalue weighted by Gasteiger charge is -2.13. The highest BCUT2D eigenvalue weighted by Crippen LogP contribution is 2.34. The van der Waals surface area contributed by atoms with Crippen LogP contribution in [0.2, 0.25) is 0 Å². The highest BCUT2D eigenvalue weighted by Gasteiger charge is 2.08. The molecule has 0 bridgehead atoms. The first kappa shape index (κ1) is 15.0. The van der Waals surface area contributed by atoms with Gasteiger partial charge in [0, 0.05) is 0 Å². The Kier molecular flexibility index (Phi) is 5.32. The molecule has 4 nitrogen and oxygen atoms in total. The minimum atomic E-state index is 0.514. The molecule has 0 amide bonds. The van der Waals surface area contributed by atoms with Gasteiger partial charge in [-0.1, -0.05) is 13.0 Å². The first-order chi connectivity index (χ1) is 10.2. The van der Waals surface area contributed by atoms with E-state index in [1.807, 2.05) is 49.4 Å². The molecule has 4 heteroatoms. The Balaban J connectivity index is 2.11. The highest BCUT2D eigenvalue weighted by molar-refractivity contribution is 5.63. The van der Waals surface area contributed by atoms with Crippen LogP contribution in [0.15, 0.2) is 42.5 Å². The molecule has 0 radical (unpaired) electrons. The Labute approximate surface area is 125 Å². The summed E-state index contributed by atoms with van der Waals surface area (Å²) in [6, 6.07) is 13.0. The van der Waals surface area contributed by atoms with Crippen molar-refractivity contribution in [1.29, 1.82) is 0 Å². The average molecular weight is 287 g/mol. The zero-order valence-corrected chi connectivity index (χ0v) is 12.5. The molecule has 0 aliphatic rings. The number of nitrogen functional groups attached to an aromatic ring is 1. The van der Waals surface area contributed by atoms with Crippen LogP contribution >= 0.6 is 0 Å². The molecule has 0 atom stereocenters. The van der Waals surface area contributed by atoms with Crippen LogP contribution in [0.5, 0.6) is 23.0 Å². The smallest absolute Gasteiger partial charge is 0.154 e. The van der Waals surface area contributed by atoms with Crippen LogP contribution in [0.4, 0.5) is 5.69 Å². The third kappa shape index (κ3) is 4.05. The molecule has 0 spiro atoms. The maximum atomic E-state index is 6.07. The molecule has 0 heterocycles. The van der Waals surface area contributed by atoms with Crippen molar-refractivity contribution in [2.24, 2.45) is 0 Å². The number of hydrogen-bond acceptors (Lipinski definition) is 4. The molecule has 21 heavy (non-hydrogen) atoms. The summed E-state index contributed by atoms with van der Waals surface area (Å²) in [5.74, 6) is 2.77. The van der Waals surface area contributed by atoms with E-state index in [9.17, 15) is 0 Å². The number of hydrogen-bond donors (Lipinski definition) is 1. The minimum Gasteiger partial charge on any atom is -0.494 e. The second kappa shape index (κ2) is 7.43. The van der Waals surface area contributed by atoms with Gasteiger partial charge >= 0.3 is 0 Å². The minimum absolute atomic E-state index is 0.514. The fourth-order valence-electron chi connectivity index (χ4n) is 1.85. The molecule has 2 N–H and O–H groups in total. The van der Waals surface area contributed by atoms with Crippen molar-refractivity contribution in [3.05, 3.63) is 42.5 Å². The molecular formula is C17H21NO3. The van der Waals surface area contributed by atoms with Gasteiger partial charge in [0.25, 0.3) is 0 Å². The summed E-state index contributed by atoms with van der Waals surface area (Å²) in [6.07, 6.45) is 0.934. The van der Waals surface area contributed by atoms with E-state index in [-0.39, 0.29) is 0 Å². The summed E-state index contributed by atoms with van der Waals surface area (Å²) in [5.41, 5.74) is 6.59. The topological polar surface area (TPSA) is 53.7 Å². The van der Waals surface area contributed by atoms with Gasteiger partial charge in [0.2, 0.25) is 0 Å². The molecule has 0 fully saturated rings. The third-order valence-electron chi connectivity index (χ3n) is 2.85. The Hall–Kier alpha value is -2.36. The molecule has 2 rings (SSSR count). The summed E-state index contributed by atoms with van der Waals surface area (Å²) < 4.78 is 16.8. The van der Waals surface area contributed by atoms with Crippen LogP contribution in [0.1, 0.15) is 20.3 Å². The monoisotopic (exact) mass is 287 g/mol. The van der Waals surface area contributed by atoms with Gasteiger partial charge in [0.15, 0.2) is 5.75 Å². The lowest BCUT2D eigenvalue weighted by molar-refractivity contribution is 0.318. The second-order valence-corrected chi connectivity index (χ2v) is 4.52. The maximum Gasteiger partial charge on any atom is 0.154 e. The van der Waals surface area contributed by atoms with E-state index >= 15 is 0 Å². The molecule has 0 aliphatic heterocycles. The van der Waals surface area contributed by atoms with Gasteiger partial charge in [0.1, 0.15) is 22.9 Å². The van der Waals surface area contributed by atoms with Gasteiger partial charge in [-0.05, 0) is 49.7 Å². The normalized spacial score (nSPS) is 10.2. The number of benzene rings is 2. The van der Waals surface area contributed by atoms with Crippen molar-refractivity contribution in [2.75, 3.05) is 18.9 Å². The van der Waals surface area contributed by atoms with Gasteiger partial charge < -0.3 is 19.9 Å². The Bertz CT molecular complexity index is 567. The quantitative estimate of drug-likeness (QED) is 0.773. The standard InChI is InChI=1S/C17H21NO3/c1-3-12-20-15-6-5-7-16(17(15)18)21-14-10-8-13(9-11-14)19-4-2/h5-11H,3-4,12,18H2,1-2H3. The van der Waals surface area contributed by atoms with Gasteiger partial charge in [-0.25, -0.2) is 0 Å². The van der Waals surface area contributed by atoms with Crippen LogP contribution in [-0.2, 0) is 0 Å². The van der Waals surface area contributed by atoms with Crippen LogP contribution in [0.25, 0.3) is 0 Å². The Morgan fingerprint density at radius 1 is 0.857 bits per heavy atom. The van der Waals surface area contributed by atoms with E-state index in [2.05, 4.69) is 6.92 Å². The fraction of sp³-hybridized carbons (Fsp3) is 0.294. The zero-order valence-electron chi connectivity index (χ0n) is 12.5. The van der Waals surface area contributed by atoms with Crippen molar-refractivity contribution in [2.45, 2.75) is 20.3 Å². The van der Waals surface area contributed by atoms with E-state index in [0.717, 1.165) is 12.2 Å². The number of para-hydroxylation sites is 1. The molecule has 0 aliphatic carbocycles. The Morgan fingerprint density at radius 3 is 2.19 bits per heavy atom. The number of rotatable bonds is 7. The number of anilines is 1. The predicted octanol–water partition coefficient (Wildman–Crippen LogP) is 4.25. The molecular weight excluding hydrogens is 266 g/mol. The molecule has 112 valence electrons. The largest absolute Gasteiger partial charge is 0.494 e. The zero-order chi connectivity index (χ0) is 15.1.